The van der Waals surface area contributed by atoms with Gasteiger partial charge in [-0.25, -0.2) is 0 Å². The minimum absolute atomic E-state index is 0.0889. The van der Waals surface area contributed by atoms with Crippen molar-refractivity contribution in [1.29, 1.82) is 0 Å². The zero-order chi connectivity index (χ0) is 20.1. The van der Waals surface area contributed by atoms with Crippen LogP contribution in [-0.2, 0) is 0 Å². The molecule has 3 fully saturated rings. The van der Waals surface area contributed by atoms with Crippen LogP contribution in [0, 0.1) is 40.4 Å². The topological polar surface area (TPSA) is 20.2 Å². The van der Waals surface area contributed by atoms with Gasteiger partial charge in [0.05, 0.1) is 6.10 Å². The maximum atomic E-state index is 10.2. The van der Waals surface area contributed by atoms with E-state index in [-0.39, 0.29) is 6.10 Å². The predicted molar refractivity (Wildman–Crippen MR) is 119 cm³/mol. The zero-order valence-corrected chi connectivity index (χ0v) is 18.9. The number of aliphatic hydroxyl groups excluding tert-OH is 1. The standard InChI is InChI=1S/C27H42O/c1-18(2)7-6-8-19(3)23-11-12-24-22-10-9-20-17-21(28)13-15-26(20,4)25(22)14-16-27(23,24)5/h6-9,19,21-25,28H,10-17H2,1-5H3/t19-,21?,22+,23-,24+,25+,26+,27-/m1/s1. The smallest absolute Gasteiger partial charge is 0.0577 e. The van der Waals surface area contributed by atoms with Crippen LogP contribution >= 0.6 is 0 Å². The number of fused-ring (bicyclic) bond motifs is 5. The molecule has 1 unspecified atom stereocenters. The van der Waals surface area contributed by atoms with Crippen LogP contribution in [-0.4, -0.2) is 11.2 Å². The molecule has 0 aromatic rings. The summed E-state index contributed by atoms with van der Waals surface area (Å²) in [7, 11) is 0. The first-order valence-electron chi connectivity index (χ1n) is 11.9. The molecule has 0 aromatic heterocycles. The molecule has 1 N–H and O–H groups in total. The second-order valence-electron chi connectivity index (χ2n) is 11.4. The number of rotatable bonds is 3. The number of hydrogen-bond donors (Lipinski definition) is 1. The maximum absolute atomic E-state index is 10.2. The lowest BCUT2D eigenvalue weighted by molar-refractivity contribution is -0.0540. The number of aliphatic hydroxyl groups is 1. The molecule has 8 atom stereocenters. The Morgan fingerprint density at radius 3 is 2.64 bits per heavy atom. The van der Waals surface area contributed by atoms with E-state index in [0.29, 0.717) is 16.7 Å². The molecule has 4 rings (SSSR count). The molecule has 3 saturated carbocycles. The fourth-order valence-electron chi connectivity index (χ4n) is 8.10. The molecule has 0 spiro atoms. The Kier molecular flexibility index (Phi) is 5.45. The molecule has 28 heavy (non-hydrogen) atoms. The summed E-state index contributed by atoms with van der Waals surface area (Å²) in [6, 6.07) is 0. The van der Waals surface area contributed by atoms with E-state index in [9.17, 15) is 5.11 Å². The van der Waals surface area contributed by atoms with Crippen molar-refractivity contribution in [1.82, 2.24) is 0 Å². The lowest BCUT2D eigenvalue weighted by Crippen LogP contribution is -2.50. The highest BCUT2D eigenvalue weighted by Crippen LogP contribution is 2.67. The van der Waals surface area contributed by atoms with Gasteiger partial charge in [0.25, 0.3) is 0 Å². The van der Waals surface area contributed by atoms with E-state index in [1.165, 1.54) is 44.1 Å². The van der Waals surface area contributed by atoms with E-state index < -0.39 is 0 Å². The third-order valence-electron chi connectivity index (χ3n) is 9.63. The molecule has 1 heteroatoms. The van der Waals surface area contributed by atoms with Gasteiger partial charge < -0.3 is 5.11 Å². The van der Waals surface area contributed by atoms with Crippen molar-refractivity contribution in [3.8, 4) is 0 Å². The third kappa shape index (κ3) is 3.26. The maximum Gasteiger partial charge on any atom is 0.0577 e. The van der Waals surface area contributed by atoms with E-state index >= 15 is 0 Å². The van der Waals surface area contributed by atoms with Gasteiger partial charge in [0.15, 0.2) is 0 Å². The Morgan fingerprint density at radius 2 is 1.89 bits per heavy atom. The van der Waals surface area contributed by atoms with Gasteiger partial charge in [-0.05, 0) is 106 Å². The second kappa shape index (κ2) is 7.46. The van der Waals surface area contributed by atoms with E-state index in [4.69, 9.17) is 0 Å². The highest BCUT2D eigenvalue weighted by molar-refractivity contribution is 5.25. The van der Waals surface area contributed by atoms with Gasteiger partial charge in [0, 0.05) is 0 Å². The molecule has 156 valence electrons. The van der Waals surface area contributed by atoms with Crippen molar-refractivity contribution in [2.24, 2.45) is 40.4 Å². The van der Waals surface area contributed by atoms with Crippen molar-refractivity contribution in [2.75, 3.05) is 0 Å². The predicted octanol–water partition coefficient (Wildman–Crippen LogP) is 7.08. The first-order chi connectivity index (χ1) is 13.3. The van der Waals surface area contributed by atoms with Gasteiger partial charge in [0.1, 0.15) is 0 Å². The van der Waals surface area contributed by atoms with Crippen LogP contribution in [0.15, 0.2) is 35.5 Å². The zero-order valence-electron chi connectivity index (χ0n) is 18.9. The second-order valence-corrected chi connectivity index (χ2v) is 11.4. The summed E-state index contributed by atoms with van der Waals surface area (Å²) in [5.41, 5.74) is 3.88. The highest BCUT2D eigenvalue weighted by Gasteiger charge is 2.58. The molecule has 0 saturated heterocycles. The van der Waals surface area contributed by atoms with Gasteiger partial charge >= 0.3 is 0 Å². The Bertz CT molecular complexity index is 680. The molecule has 0 radical (unpaired) electrons. The van der Waals surface area contributed by atoms with Crippen molar-refractivity contribution < 1.29 is 5.11 Å². The highest BCUT2D eigenvalue weighted by atomic mass is 16.3. The summed E-state index contributed by atoms with van der Waals surface area (Å²) >= 11 is 0. The SMILES string of the molecule is CC(C)=CC=C[C@@H](C)[C@H]1CC[C@H]2[C@@H]3CC=C4CC(O)CC[C@]4(C)[C@H]3CC[C@]12C. The van der Waals surface area contributed by atoms with Crippen LogP contribution in [0.1, 0.15) is 86.0 Å². The Morgan fingerprint density at radius 1 is 1.11 bits per heavy atom. The van der Waals surface area contributed by atoms with Crippen LogP contribution in [0.4, 0.5) is 0 Å². The molecular weight excluding hydrogens is 340 g/mol. The average molecular weight is 383 g/mol. The van der Waals surface area contributed by atoms with E-state index in [2.05, 4.69) is 58.9 Å². The van der Waals surface area contributed by atoms with Crippen LogP contribution in [0.3, 0.4) is 0 Å². The summed E-state index contributed by atoms with van der Waals surface area (Å²) in [6.45, 7) is 12.0. The van der Waals surface area contributed by atoms with Crippen LogP contribution < -0.4 is 0 Å². The van der Waals surface area contributed by atoms with Crippen LogP contribution in [0.2, 0.25) is 0 Å². The molecule has 4 aliphatic carbocycles. The fourth-order valence-corrected chi connectivity index (χ4v) is 8.10. The Labute approximate surface area is 173 Å². The molecular formula is C27H42O. The van der Waals surface area contributed by atoms with E-state index in [1.54, 1.807) is 5.57 Å². The molecule has 0 aliphatic heterocycles. The molecule has 0 aromatic carbocycles. The van der Waals surface area contributed by atoms with Crippen molar-refractivity contribution >= 4 is 0 Å². The van der Waals surface area contributed by atoms with E-state index in [0.717, 1.165) is 36.5 Å². The fraction of sp³-hybridized carbons (Fsp3) is 0.778. The van der Waals surface area contributed by atoms with Gasteiger partial charge in [-0.1, -0.05) is 56.2 Å². The summed E-state index contributed by atoms with van der Waals surface area (Å²) in [4.78, 5) is 0. The molecule has 0 heterocycles. The summed E-state index contributed by atoms with van der Waals surface area (Å²) < 4.78 is 0. The van der Waals surface area contributed by atoms with Crippen molar-refractivity contribution in [3.05, 3.63) is 35.5 Å². The summed E-state index contributed by atoms with van der Waals surface area (Å²) in [5, 5.41) is 10.2. The third-order valence-corrected chi connectivity index (χ3v) is 9.63. The van der Waals surface area contributed by atoms with Gasteiger partial charge in [0.2, 0.25) is 0 Å². The normalized spacial score (nSPS) is 46.4. The number of hydrogen-bond acceptors (Lipinski definition) is 1. The van der Waals surface area contributed by atoms with Crippen molar-refractivity contribution in [2.45, 2.75) is 92.1 Å². The average Bonchev–Trinajstić information content (AvgIpc) is 2.99. The molecule has 4 aliphatic rings. The monoisotopic (exact) mass is 382 g/mol. The van der Waals surface area contributed by atoms with Crippen LogP contribution in [0.25, 0.3) is 0 Å². The first kappa shape index (κ1) is 20.5. The Balaban J connectivity index is 1.55. The lowest BCUT2D eigenvalue weighted by Gasteiger charge is -2.58. The Hall–Kier alpha value is -0.820. The van der Waals surface area contributed by atoms with Gasteiger partial charge in [-0.2, -0.15) is 0 Å². The summed E-state index contributed by atoms with van der Waals surface area (Å²) in [6.07, 6.45) is 19.6. The number of allylic oxidation sites excluding steroid dienone is 5. The van der Waals surface area contributed by atoms with Crippen molar-refractivity contribution in [3.63, 3.8) is 0 Å². The largest absolute Gasteiger partial charge is 0.393 e. The van der Waals surface area contributed by atoms with Gasteiger partial charge in [-0.3, -0.25) is 0 Å². The first-order valence-corrected chi connectivity index (χ1v) is 11.9. The minimum atomic E-state index is -0.0889. The molecule has 0 amide bonds. The van der Waals surface area contributed by atoms with Crippen LogP contribution in [0.5, 0.6) is 0 Å². The van der Waals surface area contributed by atoms with E-state index in [1.807, 2.05) is 0 Å². The lowest BCUT2D eigenvalue weighted by atomic mass is 9.47. The quantitative estimate of drug-likeness (QED) is 0.408. The molecule has 0 bridgehead atoms. The minimum Gasteiger partial charge on any atom is -0.393 e. The molecule has 1 nitrogen and oxygen atoms in total. The summed E-state index contributed by atoms with van der Waals surface area (Å²) in [5.74, 6) is 4.15. The van der Waals surface area contributed by atoms with Gasteiger partial charge in [-0.15, -0.1) is 0 Å².